The van der Waals surface area contributed by atoms with Gasteiger partial charge in [0.25, 0.3) is 0 Å². The molecule has 1 fully saturated rings. The van der Waals surface area contributed by atoms with E-state index in [1.165, 1.54) is 6.07 Å². The molecule has 0 bridgehead atoms. The minimum atomic E-state index is -4.51. The lowest BCUT2D eigenvalue weighted by molar-refractivity contribution is -0.0327. The van der Waals surface area contributed by atoms with Crippen molar-refractivity contribution in [1.29, 1.82) is 0 Å². The van der Waals surface area contributed by atoms with Crippen molar-refractivity contribution in [3.05, 3.63) is 24.0 Å². The first kappa shape index (κ1) is 16.6. The zero-order valence-corrected chi connectivity index (χ0v) is 12.9. The molecule has 0 unspecified atom stereocenters. The molecule has 0 aromatic heterocycles. The first-order valence-corrected chi connectivity index (χ1v) is 7.14. The lowest BCUT2D eigenvalue weighted by atomic mass is 9.79. The second-order valence-corrected chi connectivity index (χ2v) is 6.93. The van der Waals surface area contributed by atoms with Crippen LogP contribution in [0.5, 0.6) is 0 Å². The zero-order chi connectivity index (χ0) is 16.1. The van der Waals surface area contributed by atoms with Crippen molar-refractivity contribution in [2.75, 3.05) is 0 Å². The summed E-state index contributed by atoms with van der Waals surface area (Å²) in [5.41, 5.74) is -5.68. The van der Waals surface area contributed by atoms with Gasteiger partial charge >= 0.3 is 12.6 Å². The summed E-state index contributed by atoms with van der Waals surface area (Å²) in [6, 6.07) is 3.21. The van der Waals surface area contributed by atoms with Crippen LogP contribution in [-0.2, 0) is 9.31 Å². The minimum Gasteiger partial charge on any atom is -0.399 e. The predicted molar refractivity (Wildman–Crippen MR) is 74.0 cm³/mol. The second kappa shape index (κ2) is 5.17. The van der Waals surface area contributed by atoms with E-state index in [1.807, 2.05) is 0 Å². The first-order valence-electron chi connectivity index (χ1n) is 6.32. The highest BCUT2D eigenvalue weighted by Crippen LogP contribution is 2.40. The van der Waals surface area contributed by atoms with Crippen molar-refractivity contribution in [3.8, 4) is 0 Å². The smallest absolute Gasteiger partial charge is 0.399 e. The fourth-order valence-electron chi connectivity index (χ4n) is 1.89. The van der Waals surface area contributed by atoms with Crippen LogP contribution in [0.2, 0.25) is 0 Å². The maximum Gasteiger partial charge on any atom is 0.495 e. The van der Waals surface area contributed by atoms with E-state index in [1.54, 1.807) is 27.7 Å². The number of hydrogen-bond donors (Lipinski definition) is 0. The van der Waals surface area contributed by atoms with Crippen molar-refractivity contribution in [3.63, 3.8) is 0 Å². The predicted octanol–water partition coefficient (Wildman–Crippen LogP) is 3.74. The summed E-state index contributed by atoms with van der Waals surface area (Å²) in [7, 11) is -0.958. The monoisotopic (exact) mass is 322 g/mol. The third kappa shape index (κ3) is 3.55. The van der Waals surface area contributed by atoms with Crippen molar-refractivity contribution < 1.29 is 26.9 Å². The van der Waals surface area contributed by atoms with E-state index in [4.69, 9.17) is 9.31 Å². The Morgan fingerprint density at radius 2 is 1.57 bits per heavy atom. The van der Waals surface area contributed by atoms with Gasteiger partial charge in [-0.25, -0.2) is 4.39 Å². The summed E-state index contributed by atoms with van der Waals surface area (Å²) in [6.07, 6.45) is 0. The number of thioether (sulfide) groups is 1. The van der Waals surface area contributed by atoms with E-state index >= 15 is 0 Å². The molecule has 0 amide bonds. The van der Waals surface area contributed by atoms with Crippen LogP contribution in [0, 0.1) is 5.82 Å². The molecule has 1 heterocycles. The molecule has 0 spiro atoms. The normalized spacial score (nSPS) is 20.9. The molecule has 2 nitrogen and oxygen atoms in total. The molecule has 2 rings (SSSR count). The molecule has 21 heavy (non-hydrogen) atoms. The van der Waals surface area contributed by atoms with Gasteiger partial charge < -0.3 is 9.31 Å². The van der Waals surface area contributed by atoms with E-state index in [-0.39, 0.29) is 22.1 Å². The Kier molecular flexibility index (Phi) is 4.10. The molecule has 116 valence electrons. The Labute approximate surface area is 125 Å². The molecule has 1 aromatic carbocycles. The van der Waals surface area contributed by atoms with E-state index in [2.05, 4.69) is 0 Å². The first-order chi connectivity index (χ1) is 9.41. The van der Waals surface area contributed by atoms with Gasteiger partial charge in [0.1, 0.15) is 5.82 Å². The highest BCUT2D eigenvalue weighted by atomic mass is 32.2. The number of rotatable bonds is 2. The van der Waals surface area contributed by atoms with Crippen molar-refractivity contribution in [2.24, 2.45) is 0 Å². The van der Waals surface area contributed by atoms with Gasteiger partial charge in [-0.3, -0.25) is 0 Å². The van der Waals surface area contributed by atoms with Crippen molar-refractivity contribution in [1.82, 2.24) is 0 Å². The topological polar surface area (TPSA) is 18.5 Å². The third-order valence-electron chi connectivity index (χ3n) is 3.71. The SMILES string of the molecule is CC1(C)OB(c2ccc(F)cc2SC(F)(F)F)OC1(C)C. The molecule has 1 aliphatic heterocycles. The van der Waals surface area contributed by atoms with Gasteiger partial charge in [-0.1, -0.05) is 6.07 Å². The Morgan fingerprint density at radius 3 is 2.05 bits per heavy atom. The zero-order valence-electron chi connectivity index (χ0n) is 12.0. The summed E-state index contributed by atoms with van der Waals surface area (Å²) < 4.78 is 62.5. The Balaban J connectivity index is 2.37. The van der Waals surface area contributed by atoms with Crippen LogP contribution in [0.25, 0.3) is 0 Å². The lowest BCUT2D eigenvalue weighted by Gasteiger charge is -2.32. The Hall–Kier alpha value is -0.725. The van der Waals surface area contributed by atoms with Crippen molar-refractivity contribution in [2.45, 2.75) is 49.3 Å². The highest BCUT2D eigenvalue weighted by molar-refractivity contribution is 8.00. The molecule has 1 aromatic rings. The highest BCUT2D eigenvalue weighted by Gasteiger charge is 2.52. The maximum absolute atomic E-state index is 13.3. The van der Waals surface area contributed by atoms with E-state index in [0.717, 1.165) is 12.1 Å². The van der Waals surface area contributed by atoms with E-state index in [9.17, 15) is 17.6 Å². The quantitative estimate of drug-likeness (QED) is 0.469. The van der Waals surface area contributed by atoms with Gasteiger partial charge in [0.15, 0.2) is 0 Å². The molecule has 0 radical (unpaired) electrons. The van der Waals surface area contributed by atoms with Gasteiger partial charge in [0.05, 0.1) is 11.2 Å². The van der Waals surface area contributed by atoms with Crippen LogP contribution in [0.15, 0.2) is 23.1 Å². The van der Waals surface area contributed by atoms with Gasteiger partial charge in [-0.15, -0.1) is 0 Å². The second-order valence-electron chi connectivity index (χ2n) is 5.82. The van der Waals surface area contributed by atoms with Crippen LogP contribution in [0.3, 0.4) is 0 Å². The molecule has 0 aliphatic carbocycles. The number of hydrogen-bond acceptors (Lipinski definition) is 3. The average Bonchev–Trinajstić information content (AvgIpc) is 2.45. The number of benzene rings is 1. The standard InChI is InChI=1S/C13H15BF4O2S/c1-11(2)12(3,4)20-14(19-11)9-6-5-8(15)7-10(9)21-13(16,17)18/h5-7H,1-4H3. The summed E-state index contributed by atoms with van der Waals surface area (Å²) in [6.45, 7) is 7.19. The Bertz CT molecular complexity index is 529. The summed E-state index contributed by atoms with van der Waals surface area (Å²) >= 11 is -0.371. The molecular formula is C13H15BF4O2S. The van der Waals surface area contributed by atoms with Gasteiger partial charge in [0.2, 0.25) is 0 Å². The Morgan fingerprint density at radius 1 is 1.05 bits per heavy atom. The molecule has 1 saturated heterocycles. The average molecular weight is 322 g/mol. The molecule has 0 saturated carbocycles. The third-order valence-corrected chi connectivity index (χ3v) is 4.51. The van der Waals surface area contributed by atoms with E-state index in [0.29, 0.717) is 0 Å². The van der Waals surface area contributed by atoms with Crippen LogP contribution in [-0.4, -0.2) is 23.8 Å². The fraction of sp³-hybridized carbons (Fsp3) is 0.538. The molecule has 0 N–H and O–H groups in total. The number of alkyl halides is 3. The molecule has 1 aliphatic rings. The van der Waals surface area contributed by atoms with Gasteiger partial charge in [-0.05, 0) is 57.1 Å². The molecular weight excluding hydrogens is 307 g/mol. The van der Waals surface area contributed by atoms with Crippen LogP contribution in [0.1, 0.15) is 27.7 Å². The number of halogens is 4. The maximum atomic E-state index is 13.3. The van der Waals surface area contributed by atoms with Gasteiger partial charge in [0, 0.05) is 4.90 Å². The molecule has 8 heteroatoms. The lowest BCUT2D eigenvalue weighted by Crippen LogP contribution is -2.41. The minimum absolute atomic E-state index is 0.178. The van der Waals surface area contributed by atoms with Gasteiger partial charge in [-0.2, -0.15) is 13.2 Å². The molecule has 0 atom stereocenters. The van der Waals surface area contributed by atoms with Crippen LogP contribution >= 0.6 is 11.8 Å². The largest absolute Gasteiger partial charge is 0.495 e. The van der Waals surface area contributed by atoms with Crippen LogP contribution in [0.4, 0.5) is 17.6 Å². The fourth-order valence-corrected chi connectivity index (χ4v) is 2.59. The van der Waals surface area contributed by atoms with Crippen molar-refractivity contribution >= 4 is 24.3 Å². The summed E-state index contributed by atoms with van der Waals surface area (Å²) in [4.78, 5) is -0.249. The summed E-state index contributed by atoms with van der Waals surface area (Å²) in [5, 5.41) is 0. The van der Waals surface area contributed by atoms with E-state index < -0.39 is 29.6 Å². The summed E-state index contributed by atoms with van der Waals surface area (Å²) in [5.74, 6) is -0.734. The van der Waals surface area contributed by atoms with Crippen LogP contribution < -0.4 is 5.46 Å².